The molecule has 4 nitrogen and oxygen atoms in total. The zero-order chi connectivity index (χ0) is 14.5. The fourth-order valence-electron chi connectivity index (χ4n) is 1.89. The summed E-state index contributed by atoms with van der Waals surface area (Å²) in [4.78, 5) is 0. The zero-order valence-corrected chi connectivity index (χ0v) is 11.4. The minimum Gasteiger partial charge on any atom is -0.367 e. The summed E-state index contributed by atoms with van der Waals surface area (Å²) in [5.74, 6) is 0.234. The Kier molecular flexibility index (Phi) is 4.26. The Labute approximate surface area is 117 Å². The summed E-state index contributed by atoms with van der Waals surface area (Å²) in [6, 6.07) is 8.60. The molecule has 0 saturated heterocycles. The molecule has 2 rings (SSSR count). The lowest BCUT2D eigenvalue weighted by Gasteiger charge is -2.09. The van der Waals surface area contributed by atoms with E-state index in [4.69, 9.17) is 5.26 Å². The quantitative estimate of drug-likeness (QED) is 0.928. The van der Waals surface area contributed by atoms with Crippen LogP contribution in [0.4, 0.5) is 10.2 Å². The van der Waals surface area contributed by atoms with Gasteiger partial charge in [-0.2, -0.15) is 10.4 Å². The Bertz CT molecular complexity index is 661. The van der Waals surface area contributed by atoms with E-state index in [0.717, 1.165) is 16.8 Å². The van der Waals surface area contributed by atoms with Crippen LogP contribution in [0.5, 0.6) is 0 Å². The zero-order valence-electron chi connectivity index (χ0n) is 11.4. The van der Waals surface area contributed by atoms with Crippen LogP contribution in [-0.2, 0) is 6.42 Å². The van der Waals surface area contributed by atoms with Crippen molar-refractivity contribution in [2.75, 3.05) is 11.9 Å². The van der Waals surface area contributed by atoms with E-state index in [-0.39, 0.29) is 5.82 Å². The molecule has 0 radical (unpaired) electrons. The van der Waals surface area contributed by atoms with Gasteiger partial charge >= 0.3 is 0 Å². The first-order chi connectivity index (χ1) is 9.61. The average molecular weight is 270 g/mol. The number of rotatable bonds is 4. The highest BCUT2D eigenvalue weighted by Crippen LogP contribution is 2.17. The van der Waals surface area contributed by atoms with Gasteiger partial charge in [0, 0.05) is 6.54 Å². The fraction of sp³-hybridized carbons (Fsp3) is 0.267. The van der Waals surface area contributed by atoms with E-state index in [1.807, 2.05) is 19.9 Å². The van der Waals surface area contributed by atoms with Gasteiger partial charge in [0.25, 0.3) is 0 Å². The molecule has 0 unspecified atom stereocenters. The Morgan fingerprint density at radius 2 is 2.10 bits per heavy atom. The number of nitrogens with zero attached hydrogens (tertiary/aromatic N) is 3. The van der Waals surface area contributed by atoms with Gasteiger partial charge < -0.3 is 5.32 Å². The van der Waals surface area contributed by atoms with Crippen molar-refractivity contribution in [1.82, 2.24) is 10.2 Å². The van der Waals surface area contributed by atoms with Crippen LogP contribution < -0.4 is 5.32 Å². The minimum absolute atomic E-state index is 0.244. The lowest BCUT2D eigenvalue weighted by Crippen LogP contribution is -2.10. The molecule has 0 bridgehead atoms. The first-order valence-corrected chi connectivity index (χ1v) is 6.34. The van der Waals surface area contributed by atoms with E-state index >= 15 is 0 Å². The van der Waals surface area contributed by atoms with E-state index in [9.17, 15) is 4.39 Å². The summed E-state index contributed by atoms with van der Waals surface area (Å²) in [6.07, 6.45) is 0.650. The van der Waals surface area contributed by atoms with E-state index in [0.29, 0.717) is 24.3 Å². The van der Waals surface area contributed by atoms with Crippen molar-refractivity contribution >= 4 is 5.82 Å². The third-order valence-corrected chi connectivity index (χ3v) is 3.16. The van der Waals surface area contributed by atoms with Crippen molar-refractivity contribution in [3.63, 3.8) is 0 Å². The van der Waals surface area contributed by atoms with Crippen LogP contribution in [0.2, 0.25) is 0 Å². The topological polar surface area (TPSA) is 61.6 Å². The third-order valence-electron chi connectivity index (χ3n) is 3.16. The molecule has 0 saturated carbocycles. The molecule has 102 valence electrons. The smallest absolute Gasteiger partial charge is 0.166 e. The lowest BCUT2D eigenvalue weighted by molar-refractivity contribution is 0.625. The Morgan fingerprint density at radius 1 is 1.30 bits per heavy atom. The number of nitrogens with one attached hydrogen (secondary N) is 1. The molecule has 0 atom stereocenters. The van der Waals surface area contributed by atoms with Crippen LogP contribution >= 0.6 is 0 Å². The molecule has 2 aromatic rings. The SMILES string of the molecule is Cc1nnc(NCCc2cccc(F)c2)c(C#N)c1C. The molecule has 0 amide bonds. The molecule has 1 heterocycles. The molecule has 0 aliphatic heterocycles. The molecule has 1 aromatic heterocycles. The molecule has 0 aliphatic rings. The Morgan fingerprint density at radius 3 is 2.80 bits per heavy atom. The predicted octanol–water partition coefficient (Wildman–Crippen LogP) is 2.76. The van der Waals surface area contributed by atoms with E-state index in [1.54, 1.807) is 6.07 Å². The number of anilines is 1. The van der Waals surface area contributed by atoms with E-state index in [1.165, 1.54) is 12.1 Å². The monoisotopic (exact) mass is 270 g/mol. The molecule has 1 N–H and O–H groups in total. The summed E-state index contributed by atoms with van der Waals surface area (Å²) in [6.45, 7) is 4.23. The number of nitriles is 1. The maximum absolute atomic E-state index is 13.0. The second-order valence-corrected chi connectivity index (χ2v) is 4.55. The maximum atomic E-state index is 13.0. The van der Waals surface area contributed by atoms with Gasteiger partial charge in [0.1, 0.15) is 17.4 Å². The summed E-state index contributed by atoms with van der Waals surface area (Å²) in [5, 5.41) is 20.3. The molecular weight excluding hydrogens is 255 g/mol. The van der Waals surface area contributed by atoms with E-state index < -0.39 is 0 Å². The highest BCUT2D eigenvalue weighted by Gasteiger charge is 2.10. The van der Waals surface area contributed by atoms with Crippen molar-refractivity contribution in [3.05, 3.63) is 52.5 Å². The fourth-order valence-corrected chi connectivity index (χ4v) is 1.89. The molecule has 1 aromatic carbocycles. The van der Waals surface area contributed by atoms with Gasteiger partial charge in [-0.1, -0.05) is 12.1 Å². The van der Waals surface area contributed by atoms with Crippen LogP contribution in [-0.4, -0.2) is 16.7 Å². The molecular formula is C15H15FN4. The second kappa shape index (κ2) is 6.11. The van der Waals surface area contributed by atoms with Crippen LogP contribution in [0.25, 0.3) is 0 Å². The van der Waals surface area contributed by atoms with Crippen LogP contribution in [0.3, 0.4) is 0 Å². The van der Waals surface area contributed by atoms with Crippen LogP contribution in [0, 0.1) is 31.0 Å². The first kappa shape index (κ1) is 13.9. The highest BCUT2D eigenvalue weighted by molar-refractivity contribution is 5.55. The van der Waals surface area contributed by atoms with E-state index in [2.05, 4.69) is 21.6 Å². The molecule has 0 fully saturated rings. The van der Waals surface area contributed by atoms with Crippen LogP contribution in [0.15, 0.2) is 24.3 Å². The molecule has 5 heteroatoms. The van der Waals surface area contributed by atoms with Crippen molar-refractivity contribution < 1.29 is 4.39 Å². The number of aryl methyl sites for hydroxylation is 1. The Balaban J connectivity index is 2.05. The maximum Gasteiger partial charge on any atom is 0.166 e. The van der Waals surface area contributed by atoms with Gasteiger partial charge in [-0.3, -0.25) is 0 Å². The largest absolute Gasteiger partial charge is 0.367 e. The second-order valence-electron chi connectivity index (χ2n) is 4.55. The molecule has 20 heavy (non-hydrogen) atoms. The van der Waals surface area contributed by atoms with Gasteiger partial charge in [-0.15, -0.1) is 5.10 Å². The number of benzene rings is 1. The van der Waals surface area contributed by atoms with Crippen molar-refractivity contribution in [2.24, 2.45) is 0 Å². The predicted molar refractivity (Wildman–Crippen MR) is 74.8 cm³/mol. The number of aromatic nitrogens is 2. The summed E-state index contributed by atoms with van der Waals surface area (Å²) in [5.41, 5.74) is 2.98. The molecule has 0 spiro atoms. The lowest BCUT2D eigenvalue weighted by atomic mass is 10.1. The summed E-state index contributed by atoms with van der Waals surface area (Å²) >= 11 is 0. The minimum atomic E-state index is -0.244. The highest BCUT2D eigenvalue weighted by atomic mass is 19.1. The van der Waals surface area contributed by atoms with Gasteiger partial charge in [0.2, 0.25) is 0 Å². The first-order valence-electron chi connectivity index (χ1n) is 6.34. The number of hydrogen-bond acceptors (Lipinski definition) is 4. The summed E-state index contributed by atoms with van der Waals surface area (Å²) < 4.78 is 13.0. The average Bonchev–Trinajstić information content (AvgIpc) is 2.43. The van der Waals surface area contributed by atoms with Crippen molar-refractivity contribution in [3.8, 4) is 6.07 Å². The van der Waals surface area contributed by atoms with Gasteiger partial charge in [-0.05, 0) is 43.5 Å². The number of hydrogen-bond donors (Lipinski definition) is 1. The third kappa shape index (κ3) is 3.09. The number of halogens is 1. The van der Waals surface area contributed by atoms with Crippen LogP contribution in [0.1, 0.15) is 22.4 Å². The summed E-state index contributed by atoms with van der Waals surface area (Å²) in [7, 11) is 0. The Hall–Kier alpha value is -2.48. The normalized spacial score (nSPS) is 10.1. The van der Waals surface area contributed by atoms with Gasteiger partial charge in [-0.25, -0.2) is 4.39 Å². The van der Waals surface area contributed by atoms with Crippen molar-refractivity contribution in [1.29, 1.82) is 5.26 Å². The van der Waals surface area contributed by atoms with Gasteiger partial charge in [0.15, 0.2) is 5.82 Å². The molecule has 0 aliphatic carbocycles. The standard InChI is InChI=1S/C15H15FN4/c1-10-11(2)19-20-15(14(10)9-17)18-7-6-12-4-3-5-13(16)8-12/h3-5,8H,6-7H2,1-2H3,(H,18,20). The van der Waals surface area contributed by atoms with Crippen molar-refractivity contribution in [2.45, 2.75) is 20.3 Å². The van der Waals surface area contributed by atoms with Gasteiger partial charge in [0.05, 0.1) is 5.69 Å².